The van der Waals surface area contributed by atoms with Gasteiger partial charge in [0.25, 0.3) is 0 Å². The van der Waals surface area contributed by atoms with Gasteiger partial charge >= 0.3 is 5.97 Å². The zero-order valence-electron chi connectivity index (χ0n) is 11.8. The molecule has 104 valence electrons. The van der Waals surface area contributed by atoms with Crippen LogP contribution in [0.15, 0.2) is 24.3 Å². The molecule has 1 rings (SSSR count). The van der Waals surface area contributed by atoms with Gasteiger partial charge in [-0.2, -0.15) is 0 Å². The number of hydrogen-bond donors (Lipinski definition) is 0. The first-order chi connectivity index (χ1) is 9.06. The molecule has 4 nitrogen and oxygen atoms in total. The van der Waals surface area contributed by atoms with Gasteiger partial charge in [0.05, 0.1) is 13.5 Å². The van der Waals surface area contributed by atoms with Crippen molar-refractivity contribution in [2.45, 2.75) is 26.7 Å². The molecule has 0 N–H and O–H groups in total. The molecule has 0 aliphatic rings. The van der Waals surface area contributed by atoms with Crippen LogP contribution in [0, 0.1) is 6.92 Å². The minimum atomic E-state index is -0.383. The molecule has 0 aliphatic heterocycles. The first-order valence-electron chi connectivity index (χ1n) is 6.47. The summed E-state index contributed by atoms with van der Waals surface area (Å²) >= 11 is 0. The molecule has 0 bridgehead atoms. The first-order valence-corrected chi connectivity index (χ1v) is 6.47. The van der Waals surface area contributed by atoms with E-state index in [1.807, 2.05) is 38.1 Å². The van der Waals surface area contributed by atoms with Crippen LogP contribution in [0.1, 0.15) is 24.5 Å². The van der Waals surface area contributed by atoms with E-state index in [0.29, 0.717) is 13.0 Å². The normalized spacial score (nSPS) is 10.1. The molecule has 0 heterocycles. The third kappa shape index (κ3) is 5.12. The van der Waals surface area contributed by atoms with Crippen LogP contribution in [-0.4, -0.2) is 37.0 Å². The molecular weight excluding hydrogens is 242 g/mol. The first kappa shape index (κ1) is 15.2. The number of hydrogen-bond acceptors (Lipinski definition) is 3. The Morgan fingerprint density at radius 1 is 1.32 bits per heavy atom. The fourth-order valence-corrected chi connectivity index (χ4v) is 1.89. The van der Waals surface area contributed by atoms with E-state index in [1.54, 1.807) is 4.90 Å². The Balaban J connectivity index is 2.68. The average Bonchev–Trinajstić information content (AvgIpc) is 2.38. The third-order valence-corrected chi connectivity index (χ3v) is 2.83. The molecule has 4 heteroatoms. The van der Waals surface area contributed by atoms with Crippen LogP contribution >= 0.6 is 0 Å². The van der Waals surface area contributed by atoms with E-state index >= 15 is 0 Å². The summed E-state index contributed by atoms with van der Waals surface area (Å²) in [6.07, 6.45) is 1.13. The predicted molar refractivity (Wildman–Crippen MR) is 73.8 cm³/mol. The number of methoxy groups -OCH3 is 1. The average molecular weight is 263 g/mol. The molecule has 19 heavy (non-hydrogen) atoms. The Kier molecular flexibility index (Phi) is 6.06. The number of carbonyl (C=O) groups excluding carboxylic acids is 2. The fraction of sp³-hybridized carbons (Fsp3) is 0.467. The minimum absolute atomic E-state index is 0.0228. The minimum Gasteiger partial charge on any atom is -0.468 e. The lowest BCUT2D eigenvalue weighted by Crippen LogP contribution is -2.37. The number of ether oxygens (including phenoxy) is 1. The molecule has 0 aromatic heterocycles. The molecule has 0 atom stereocenters. The molecule has 0 unspecified atom stereocenters. The maximum Gasteiger partial charge on any atom is 0.325 e. The summed E-state index contributed by atoms with van der Waals surface area (Å²) in [5, 5.41) is 0. The van der Waals surface area contributed by atoms with Crippen molar-refractivity contribution in [1.29, 1.82) is 0 Å². The molecule has 1 amide bonds. The van der Waals surface area contributed by atoms with E-state index < -0.39 is 0 Å². The van der Waals surface area contributed by atoms with Gasteiger partial charge in [-0.05, 0) is 18.9 Å². The van der Waals surface area contributed by atoms with Crippen molar-refractivity contribution in [3.63, 3.8) is 0 Å². The van der Waals surface area contributed by atoms with E-state index in [0.717, 1.165) is 17.5 Å². The van der Waals surface area contributed by atoms with Crippen molar-refractivity contribution in [3.8, 4) is 0 Å². The van der Waals surface area contributed by atoms with Crippen LogP contribution in [0.4, 0.5) is 0 Å². The Morgan fingerprint density at radius 2 is 2.05 bits per heavy atom. The second-order valence-corrected chi connectivity index (χ2v) is 4.56. The zero-order chi connectivity index (χ0) is 14.3. The van der Waals surface area contributed by atoms with Crippen molar-refractivity contribution in [3.05, 3.63) is 35.4 Å². The van der Waals surface area contributed by atoms with Gasteiger partial charge in [0.2, 0.25) is 5.91 Å². The number of nitrogens with zero attached hydrogens (tertiary/aromatic N) is 1. The largest absolute Gasteiger partial charge is 0.468 e. The van der Waals surface area contributed by atoms with Crippen molar-refractivity contribution in [1.82, 2.24) is 4.90 Å². The SMILES string of the molecule is CCCN(CC(=O)OC)C(=O)Cc1cccc(C)c1. The lowest BCUT2D eigenvalue weighted by molar-refractivity contribution is -0.146. The summed E-state index contributed by atoms with van der Waals surface area (Å²) in [4.78, 5) is 25.0. The zero-order valence-corrected chi connectivity index (χ0v) is 11.8. The number of esters is 1. The van der Waals surface area contributed by atoms with Crippen LogP contribution < -0.4 is 0 Å². The van der Waals surface area contributed by atoms with Crippen LogP contribution in [0.3, 0.4) is 0 Å². The third-order valence-electron chi connectivity index (χ3n) is 2.83. The van der Waals surface area contributed by atoms with Gasteiger partial charge in [0, 0.05) is 6.54 Å². The fourth-order valence-electron chi connectivity index (χ4n) is 1.89. The summed E-state index contributed by atoms with van der Waals surface area (Å²) in [5.74, 6) is -0.427. The highest BCUT2D eigenvalue weighted by atomic mass is 16.5. The van der Waals surface area contributed by atoms with Crippen molar-refractivity contribution in [2.75, 3.05) is 20.2 Å². The molecule has 0 fully saturated rings. The van der Waals surface area contributed by atoms with Gasteiger partial charge in [0.1, 0.15) is 6.54 Å². The van der Waals surface area contributed by atoms with Crippen molar-refractivity contribution >= 4 is 11.9 Å². The number of benzene rings is 1. The monoisotopic (exact) mass is 263 g/mol. The van der Waals surface area contributed by atoms with Crippen LogP contribution in [0.25, 0.3) is 0 Å². The lowest BCUT2D eigenvalue weighted by Gasteiger charge is -2.20. The number of rotatable bonds is 6. The Bertz CT molecular complexity index is 443. The molecule has 0 spiro atoms. The molecule has 0 aliphatic carbocycles. The van der Waals surface area contributed by atoms with Gasteiger partial charge in [-0.15, -0.1) is 0 Å². The van der Waals surface area contributed by atoms with E-state index in [2.05, 4.69) is 4.74 Å². The smallest absolute Gasteiger partial charge is 0.325 e. The van der Waals surface area contributed by atoms with E-state index in [4.69, 9.17) is 0 Å². The van der Waals surface area contributed by atoms with Crippen LogP contribution in [-0.2, 0) is 20.7 Å². The summed E-state index contributed by atoms with van der Waals surface area (Å²) < 4.78 is 4.61. The maximum atomic E-state index is 12.2. The second kappa shape index (κ2) is 7.56. The summed E-state index contributed by atoms with van der Waals surface area (Å²) in [5.41, 5.74) is 2.09. The van der Waals surface area contributed by atoms with E-state index in [1.165, 1.54) is 7.11 Å². The number of aryl methyl sites for hydroxylation is 1. The van der Waals surface area contributed by atoms with Gasteiger partial charge < -0.3 is 9.64 Å². The number of amides is 1. The number of carbonyl (C=O) groups is 2. The Labute approximate surface area is 114 Å². The summed E-state index contributed by atoms with van der Waals surface area (Å²) in [6, 6.07) is 7.84. The topological polar surface area (TPSA) is 46.6 Å². The Hall–Kier alpha value is -1.84. The highest BCUT2D eigenvalue weighted by molar-refractivity contribution is 5.83. The van der Waals surface area contributed by atoms with Gasteiger partial charge in [0.15, 0.2) is 0 Å². The standard InChI is InChI=1S/C15H21NO3/c1-4-8-16(11-15(18)19-3)14(17)10-13-7-5-6-12(2)9-13/h5-7,9H,4,8,10-11H2,1-3H3. The second-order valence-electron chi connectivity index (χ2n) is 4.56. The van der Waals surface area contributed by atoms with Crippen molar-refractivity contribution in [2.24, 2.45) is 0 Å². The maximum absolute atomic E-state index is 12.2. The summed E-state index contributed by atoms with van der Waals surface area (Å²) in [7, 11) is 1.33. The van der Waals surface area contributed by atoms with Gasteiger partial charge in [-0.3, -0.25) is 9.59 Å². The highest BCUT2D eigenvalue weighted by Gasteiger charge is 2.16. The molecule has 0 radical (unpaired) electrons. The highest BCUT2D eigenvalue weighted by Crippen LogP contribution is 2.07. The molecule has 1 aromatic carbocycles. The van der Waals surface area contributed by atoms with Crippen LogP contribution in [0.5, 0.6) is 0 Å². The van der Waals surface area contributed by atoms with Crippen molar-refractivity contribution < 1.29 is 14.3 Å². The van der Waals surface area contributed by atoms with Crippen LogP contribution in [0.2, 0.25) is 0 Å². The van der Waals surface area contributed by atoms with E-state index in [9.17, 15) is 9.59 Å². The molecule has 1 aromatic rings. The Morgan fingerprint density at radius 3 is 2.63 bits per heavy atom. The summed E-state index contributed by atoms with van der Waals surface area (Å²) in [6.45, 7) is 4.56. The van der Waals surface area contributed by atoms with E-state index in [-0.39, 0.29) is 18.4 Å². The quantitative estimate of drug-likeness (QED) is 0.737. The lowest BCUT2D eigenvalue weighted by atomic mass is 10.1. The van der Waals surface area contributed by atoms with Gasteiger partial charge in [-0.1, -0.05) is 36.8 Å². The molecular formula is C15H21NO3. The predicted octanol–water partition coefficient (Wildman–Crippen LogP) is 1.95. The molecule has 0 saturated heterocycles. The van der Waals surface area contributed by atoms with Gasteiger partial charge in [-0.25, -0.2) is 0 Å². The molecule has 0 saturated carbocycles.